The van der Waals surface area contributed by atoms with Gasteiger partial charge >= 0.3 is 6.03 Å². The normalized spacial score (nSPS) is 10.9. The summed E-state index contributed by atoms with van der Waals surface area (Å²) in [6.45, 7) is 11.0. The number of carbonyl (C=O) groups excluding carboxylic acids is 1. The molecule has 0 saturated heterocycles. The molecule has 2 N–H and O–H groups in total. The lowest BCUT2D eigenvalue weighted by Gasteiger charge is -2.09. The Morgan fingerprint density at radius 2 is 0.914 bits per heavy atom. The van der Waals surface area contributed by atoms with Crippen LogP contribution in [-0.2, 0) is 37.9 Å². The second kappa shape index (κ2) is 30.5. The van der Waals surface area contributed by atoms with Gasteiger partial charge in [0.05, 0.1) is 99.1 Å². The van der Waals surface area contributed by atoms with E-state index in [4.69, 9.17) is 44.3 Å². The number of nitrogens with one attached hydrogen (secondary N) is 2. The Labute approximate surface area is 210 Å². The van der Waals surface area contributed by atoms with Crippen LogP contribution in [0.1, 0.15) is 19.8 Å². The van der Waals surface area contributed by atoms with E-state index in [1.807, 2.05) is 0 Å². The fourth-order valence-electron chi connectivity index (χ4n) is 2.35. The number of unbranched alkanes of at least 4 members (excludes halogenated alkanes) is 1. The average Bonchev–Trinajstić information content (AvgIpc) is 2.86. The van der Waals surface area contributed by atoms with E-state index in [1.54, 1.807) is 0 Å². The Balaban J connectivity index is 3.06. The zero-order chi connectivity index (χ0) is 25.5. The van der Waals surface area contributed by atoms with Gasteiger partial charge in [0, 0.05) is 13.1 Å². The number of terminal acetylenes is 1. The van der Waals surface area contributed by atoms with Crippen LogP contribution in [0.2, 0.25) is 0 Å². The highest BCUT2D eigenvalue weighted by molar-refractivity contribution is 5.73. The van der Waals surface area contributed by atoms with Crippen LogP contribution in [0.3, 0.4) is 0 Å². The smallest absolute Gasteiger partial charge is 0.314 e. The lowest BCUT2D eigenvalue weighted by molar-refractivity contribution is -0.0224. The molecule has 206 valence electrons. The summed E-state index contributed by atoms with van der Waals surface area (Å²) in [4.78, 5) is 11.4. The van der Waals surface area contributed by atoms with Gasteiger partial charge in [-0.2, -0.15) is 0 Å². The zero-order valence-electron chi connectivity index (χ0n) is 21.4. The van der Waals surface area contributed by atoms with Crippen LogP contribution in [0, 0.1) is 12.3 Å². The molecular formula is C24H46N2O9. The van der Waals surface area contributed by atoms with Gasteiger partial charge in [-0.3, -0.25) is 0 Å². The van der Waals surface area contributed by atoms with Crippen molar-refractivity contribution >= 4 is 6.03 Å². The van der Waals surface area contributed by atoms with Crippen molar-refractivity contribution in [2.75, 3.05) is 119 Å². The zero-order valence-corrected chi connectivity index (χ0v) is 21.4. The molecule has 0 aromatic heterocycles. The standard InChI is InChI=1S/C24H46N2O9/c1-3-5-6-25-24(27)26-7-9-29-11-13-31-15-17-33-19-21-35-23-22-34-20-18-32-16-14-30-12-10-28-8-4-2/h2H,3,5-23H2,1H3,(H2,25,26,27). The lowest BCUT2D eigenvalue weighted by atomic mass is 10.3. The predicted octanol–water partition coefficient (Wildman–Crippen LogP) is 0.852. The fraction of sp³-hybridized carbons (Fsp3) is 0.875. The van der Waals surface area contributed by atoms with Gasteiger partial charge in [0.2, 0.25) is 0 Å². The summed E-state index contributed by atoms with van der Waals surface area (Å²) < 4.78 is 42.9. The summed E-state index contributed by atoms with van der Waals surface area (Å²) >= 11 is 0. The molecule has 0 aliphatic heterocycles. The van der Waals surface area contributed by atoms with Crippen molar-refractivity contribution < 1.29 is 42.7 Å². The van der Waals surface area contributed by atoms with Crippen molar-refractivity contribution in [2.24, 2.45) is 0 Å². The van der Waals surface area contributed by atoms with Crippen molar-refractivity contribution in [3.63, 3.8) is 0 Å². The van der Waals surface area contributed by atoms with E-state index in [-0.39, 0.29) is 6.03 Å². The minimum absolute atomic E-state index is 0.158. The van der Waals surface area contributed by atoms with E-state index in [0.717, 1.165) is 12.8 Å². The molecule has 2 amide bonds. The van der Waals surface area contributed by atoms with Gasteiger partial charge in [-0.05, 0) is 6.42 Å². The number of rotatable bonds is 28. The van der Waals surface area contributed by atoms with Crippen LogP contribution < -0.4 is 10.6 Å². The van der Waals surface area contributed by atoms with Gasteiger partial charge in [-0.1, -0.05) is 19.3 Å². The second-order valence-electron chi connectivity index (χ2n) is 7.08. The second-order valence-corrected chi connectivity index (χ2v) is 7.08. The summed E-state index contributed by atoms with van der Waals surface area (Å²) in [6.07, 6.45) is 7.10. The van der Waals surface area contributed by atoms with Crippen molar-refractivity contribution in [3.05, 3.63) is 0 Å². The first-order valence-electron chi connectivity index (χ1n) is 12.4. The number of ether oxygens (including phenoxy) is 8. The molecule has 0 saturated carbocycles. The highest BCUT2D eigenvalue weighted by Crippen LogP contribution is 1.86. The molecule has 0 unspecified atom stereocenters. The highest BCUT2D eigenvalue weighted by Gasteiger charge is 1.98. The molecule has 0 bridgehead atoms. The maximum Gasteiger partial charge on any atom is 0.314 e. The van der Waals surface area contributed by atoms with Crippen LogP contribution in [0.5, 0.6) is 0 Å². The highest BCUT2D eigenvalue weighted by atomic mass is 16.6. The first-order valence-corrected chi connectivity index (χ1v) is 12.4. The Kier molecular flexibility index (Phi) is 29.2. The third-order valence-corrected chi connectivity index (χ3v) is 4.14. The quantitative estimate of drug-likeness (QED) is 0.118. The molecule has 0 atom stereocenters. The van der Waals surface area contributed by atoms with Gasteiger partial charge in [0.1, 0.15) is 6.61 Å². The van der Waals surface area contributed by atoms with Crippen molar-refractivity contribution in [1.29, 1.82) is 0 Å². The monoisotopic (exact) mass is 506 g/mol. The first kappa shape index (κ1) is 33.5. The molecule has 0 aromatic carbocycles. The van der Waals surface area contributed by atoms with Crippen LogP contribution >= 0.6 is 0 Å². The van der Waals surface area contributed by atoms with E-state index >= 15 is 0 Å². The molecule has 0 radical (unpaired) electrons. The fourth-order valence-corrected chi connectivity index (χ4v) is 2.35. The van der Waals surface area contributed by atoms with Crippen LogP contribution in [0.15, 0.2) is 0 Å². The predicted molar refractivity (Wildman–Crippen MR) is 132 cm³/mol. The number of carbonyl (C=O) groups is 1. The maximum absolute atomic E-state index is 11.4. The lowest BCUT2D eigenvalue weighted by Crippen LogP contribution is -2.37. The van der Waals surface area contributed by atoms with Crippen LogP contribution in [0.4, 0.5) is 4.79 Å². The molecule has 0 aromatic rings. The summed E-state index contributed by atoms with van der Waals surface area (Å²) in [7, 11) is 0. The molecular weight excluding hydrogens is 460 g/mol. The molecule has 0 rings (SSSR count). The minimum atomic E-state index is -0.158. The van der Waals surface area contributed by atoms with E-state index in [2.05, 4.69) is 23.5 Å². The van der Waals surface area contributed by atoms with Crippen molar-refractivity contribution in [2.45, 2.75) is 19.8 Å². The molecule has 35 heavy (non-hydrogen) atoms. The number of hydrogen-bond donors (Lipinski definition) is 2. The Hall–Kier alpha value is -1.49. The van der Waals surface area contributed by atoms with E-state index in [9.17, 15) is 4.79 Å². The summed E-state index contributed by atoms with van der Waals surface area (Å²) in [6, 6.07) is -0.158. The van der Waals surface area contributed by atoms with E-state index in [1.165, 1.54) is 0 Å². The third kappa shape index (κ3) is 30.5. The van der Waals surface area contributed by atoms with Gasteiger partial charge in [-0.25, -0.2) is 4.79 Å². The van der Waals surface area contributed by atoms with Crippen molar-refractivity contribution in [3.8, 4) is 12.3 Å². The molecule has 0 heterocycles. The molecule has 11 heteroatoms. The Morgan fingerprint density at radius 1 is 0.571 bits per heavy atom. The Morgan fingerprint density at radius 3 is 1.29 bits per heavy atom. The molecule has 0 spiro atoms. The number of hydrogen-bond acceptors (Lipinski definition) is 9. The number of urea groups is 1. The summed E-state index contributed by atoms with van der Waals surface area (Å²) in [5.74, 6) is 2.39. The number of amides is 2. The summed E-state index contributed by atoms with van der Waals surface area (Å²) in [5.41, 5.74) is 0. The molecule has 0 aliphatic carbocycles. The van der Waals surface area contributed by atoms with Crippen molar-refractivity contribution in [1.82, 2.24) is 10.6 Å². The van der Waals surface area contributed by atoms with Crippen LogP contribution in [0.25, 0.3) is 0 Å². The average molecular weight is 507 g/mol. The minimum Gasteiger partial charge on any atom is -0.377 e. The van der Waals surface area contributed by atoms with Gasteiger partial charge in [0.25, 0.3) is 0 Å². The first-order chi connectivity index (χ1) is 17.3. The Bertz CT molecular complexity index is 478. The SMILES string of the molecule is C#CCOCCOCCOCCOCCOCCOCCOCCOCCNC(=O)NCCCC. The van der Waals surface area contributed by atoms with Gasteiger partial charge < -0.3 is 48.5 Å². The largest absolute Gasteiger partial charge is 0.377 e. The third-order valence-electron chi connectivity index (χ3n) is 4.14. The molecule has 0 fully saturated rings. The topological polar surface area (TPSA) is 115 Å². The van der Waals surface area contributed by atoms with Crippen LogP contribution in [-0.4, -0.2) is 125 Å². The summed E-state index contributed by atoms with van der Waals surface area (Å²) in [5, 5.41) is 5.51. The van der Waals surface area contributed by atoms with E-state index in [0.29, 0.717) is 119 Å². The van der Waals surface area contributed by atoms with Gasteiger partial charge in [-0.15, -0.1) is 6.42 Å². The van der Waals surface area contributed by atoms with Gasteiger partial charge in [0.15, 0.2) is 0 Å². The van der Waals surface area contributed by atoms with E-state index < -0.39 is 0 Å². The maximum atomic E-state index is 11.4. The molecule has 0 aliphatic rings. The molecule has 11 nitrogen and oxygen atoms in total.